The van der Waals surface area contributed by atoms with Crippen LogP contribution >= 0.6 is 28.6 Å². The van der Waals surface area contributed by atoms with Crippen molar-refractivity contribution in [3.05, 3.63) is 51.5 Å². The summed E-state index contributed by atoms with van der Waals surface area (Å²) in [6, 6.07) is 6.34. The number of halogens is 2. The van der Waals surface area contributed by atoms with Gasteiger partial charge in [-0.3, -0.25) is 0 Å². The maximum absolute atomic E-state index is 11.4. The fourth-order valence-electron chi connectivity index (χ4n) is 3.35. The number of nitrogens with two attached hydrogens (primary N) is 1. The lowest BCUT2D eigenvalue weighted by Crippen LogP contribution is -2.21. The van der Waals surface area contributed by atoms with Crippen LogP contribution in [0.5, 0.6) is 11.5 Å². The van der Waals surface area contributed by atoms with Crippen LogP contribution in [0.15, 0.2) is 29.2 Å². The Hall–Kier alpha value is -1.32. The van der Waals surface area contributed by atoms with Crippen molar-refractivity contribution < 1.29 is 18.6 Å². The second-order valence-corrected chi connectivity index (χ2v) is 8.09. The number of primary sulfonamides is 1. The third kappa shape index (κ3) is 3.70. The number of phenolic OH excluding ortho intramolecular Hbond substituents is 2. The number of benzene rings is 2. The Morgan fingerprint density at radius 1 is 1.19 bits per heavy atom. The van der Waals surface area contributed by atoms with Gasteiger partial charge in [-0.1, -0.05) is 23.7 Å². The lowest BCUT2D eigenvalue weighted by Gasteiger charge is -2.23. The number of phenols is 2. The Labute approximate surface area is 167 Å². The highest BCUT2D eigenvalue weighted by Gasteiger charge is 2.28. The van der Waals surface area contributed by atoms with Crippen LogP contribution < -0.4 is 10.5 Å². The van der Waals surface area contributed by atoms with Crippen LogP contribution in [0.2, 0.25) is 5.02 Å². The molecule has 0 aromatic heterocycles. The minimum atomic E-state index is -3.76. The Bertz CT molecular complexity index is 933. The van der Waals surface area contributed by atoms with Crippen molar-refractivity contribution >= 4 is 38.6 Å². The monoisotopic (exact) mass is 462 g/mol. The second kappa shape index (κ2) is 7.74. The third-order valence-corrected chi connectivity index (χ3v) is 5.98. The van der Waals surface area contributed by atoms with E-state index in [9.17, 15) is 18.6 Å². The van der Waals surface area contributed by atoms with Gasteiger partial charge >= 0.3 is 0 Å². The van der Waals surface area contributed by atoms with Gasteiger partial charge in [-0.2, -0.15) is 0 Å². The number of hydrogen-bond donors (Lipinski definition) is 4. The van der Waals surface area contributed by atoms with Gasteiger partial charge < -0.3 is 15.5 Å². The minimum absolute atomic E-state index is 0. The number of hydrogen-bond acceptors (Lipinski definition) is 5. The van der Waals surface area contributed by atoms with E-state index in [-0.39, 0.29) is 44.3 Å². The maximum Gasteiger partial charge on any atom is 0.238 e. The first-order valence-corrected chi connectivity index (χ1v) is 9.70. The number of rotatable bonds is 2. The van der Waals surface area contributed by atoms with Gasteiger partial charge in [-0.25, -0.2) is 13.6 Å². The average Bonchev–Trinajstić information content (AvgIpc) is 2.80. The molecule has 1 heterocycles. The molecular formula is C17H20BrClN2O4S. The van der Waals surface area contributed by atoms with Gasteiger partial charge in [0.05, 0.1) is 9.92 Å². The Balaban J connectivity index is 0.00000243. The molecule has 9 heteroatoms. The standard InChI is InChI=1S/C17H19ClN2O4S.BrH/c1-9-14-12(15(18)17(22)16(9)21)6-7-20-8-13(14)10-2-4-11(5-3-10)25(19,23)24;/h2-5,13,20-22H,6-8H2,1H3,(H2,19,23,24);1H. The quantitative estimate of drug-likeness (QED) is 0.511. The van der Waals surface area contributed by atoms with Crippen LogP contribution in [-0.2, 0) is 16.4 Å². The van der Waals surface area contributed by atoms with Crippen molar-refractivity contribution in [3.63, 3.8) is 0 Å². The molecule has 0 fully saturated rings. The third-order valence-electron chi connectivity index (χ3n) is 4.64. The molecule has 1 atom stereocenters. The summed E-state index contributed by atoms with van der Waals surface area (Å²) in [6.45, 7) is 3.02. The van der Waals surface area contributed by atoms with Gasteiger partial charge in [0.15, 0.2) is 11.5 Å². The summed E-state index contributed by atoms with van der Waals surface area (Å²) < 4.78 is 22.9. The topological polar surface area (TPSA) is 113 Å². The Kier molecular flexibility index (Phi) is 6.24. The first-order chi connectivity index (χ1) is 11.7. The molecule has 1 unspecified atom stereocenters. The highest BCUT2D eigenvalue weighted by molar-refractivity contribution is 8.93. The molecule has 142 valence electrons. The lowest BCUT2D eigenvalue weighted by atomic mass is 9.84. The molecule has 2 aromatic rings. The first-order valence-electron chi connectivity index (χ1n) is 7.78. The number of nitrogens with one attached hydrogen (secondary N) is 1. The zero-order chi connectivity index (χ0) is 18.4. The van der Waals surface area contributed by atoms with E-state index in [0.717, 1.165) is 16.7 Å². The summed E-state index contributed by atoms with van der Waals surface area (Å²) in [5.41, 5.74) is 3.09. The molecule has 0 radical (unpaired) electrons. The van der Waals surface area contributed by atoms with Gasteiger partial charge in [0.1, 0.15) is 0 Å². The summed E-state index contributed by atoms with van der Waals surface area (Å²) in [5, 5.41) is 28.9. The van der Waals surface area contributed by atoms with Gasteiger partial charge in [0.25, 0.3) is 0 Å². The molecule has 6 nitrogen and oxygen atoms in total. The molecule has 0 spiro atoms. The van der Waals surface area contributed by atoms with Crippen LogP contribution in [-0.4, -0.2) is 31.7 Å². The van der Waals surface area contributed by atoms with Gasteiger partial charge in [-0.05, 0) is 54.3 Å². The predicted octanol–water partition coefficient (Wildman–Crippen LogP) is 2.56. The van der Waals surface area contributed by atoms with E-state index in [1.807, 2.05) is 0 Å². The zero-order valence-electron chi connectivity index (χ0n) is 14.0. The van der Waals surface area contributed by atoms with Crippen molar-refractivity contribution in [2.75, 3.05) is 13.1 Å². The van der Waals surface area contributed by atoms with Gasteiger partial charge in [0, 0.05) is 12.5 Å². The molecule has 0 aliphatic carbocycles. The molecule has 0 bridgehead atoms. The van der Waals surface area contributed by atoms with E-state index in [1.165, 1.54) is 12.1 Å². The molecule has 5 N–H and O–H groups in total. The van der Waals surface area contributed by atoms with Crippen LogP contribution in [0, 0.1) is 6.92 Å². The van der Waals surface area contributed by atoms with Crippen molar-refractivity contribution in [1.82, 2.24) is 5.32 Å². The van der Waals surface area contributed by atoms with Crippen LogP contribution in [0.4, 0.5) is 0 Å². The van der Waals surface area contributed by atoms with E-state index in [4.69, 9.17) is 16.7 Å². The highest BCUT2D eigenvalue weighted by Crippen LogP contribution is 2.45. The minimum Gasteiger partial charge on any atom is -0.504 e. The van der Waals surface area contributed by atoms with E-state index >= 15 is 0 Å². The van der Waals surface area contributed by atoms with E-state index in [2.05, 4.69) is 5.32 Å². The number of sulfonamides is 1. The molecule has 2 aromatic carbocycles. The number of fused-ring (bicyclic) bond motifs is 1. The van der Waals surface area contributed by atoms with Crippen LogP contribution in [0.25, 0.3) is 0 Å². The SMILES string of the molecule is Br.Cc1c(O)c(O)c(Cl)c2c1C(c1ccc(S(N)(=O)=O)cc1)CNCC2. The van der Waals surface area contributed by atoms with Crippen molar-refractivity contribution in [3.8, 4) is 11.5 Å². The molecule has 0 amide bonds. The molecular weight excluding hydrogens is 444 g/mol. The molecule has 0 saturated carbocycles. The highest BCUT2D eigenvalue weighted by atomic mass is 79.9. The van der Waals surface area contributed by atoms with Crippen molar-refractivity contribution in [1.29, 1.82) is 0 Å². The maximum atomic E-state index is 11.4. The largest absolute Gasteiger partial charge is 0.504 e. The summed E-state index contributed by atoms with van der Waals surface area (Å²) in [7, 11) is -3.76. The molecule has 26 heavy (non-hydrogen) atoms. The van der Waals surface area contributed by atoms with Crippen LogP contribution in [0.1, 0.15) is 28.2 Å². The average molecular weight is 464 g/mol. The summed E-state index contributed by atoms with van der Waals surface area (Å²) in [5.74, 6) is -0.670. The van der Waals surface area contributed by atoms with Crippen molar-refractivity contribution in [2.45, 2.75) is 24.2 Å². The molecule has 3 rings (SSSR count). The normalized spacial score (nSPS) is 17.1. The van der Waals surface area contributed by atoms with Crippen LogP contribution in [0.3, 0.4) is 0 Å². The fourth-order valence-corrected chi connectivity index (χ4v) is 4.15. The Morgan fingerprint density at radius 2 is 1.81 bits per heavy atom. The molecule has 1 aliphatic heterocycles. The fraction of sp³-hybridized carbons (Fsp3) is 0.294. The summed E-state index contributed by atoms with van der Waals surface area (Å²) >= 11 is 6.27. The predicted molar refractivity (Wildman–Crippen MR) is 106 cm³/mol. The molecule has 1 aliphatic rings. The van der Waals surface area contributed by atoms with Gasteiger partial charge in [0.2, 0.25) is 10.0 Å². The summed E-state index contributed by atoms with van der Waals surface area (Å²) in [4.78, 5) is 0.0429. The van der Waals surface area contributed by atoms with E-state index in [0.29, 0.717) is 25.1 Å². The van der Waals surface area contributed by atoms with E-state index < -0.39 is 10.0 Å². The molecule has 0 saturated heterocycles. The Morgan fingerprint density at radius 3 is 2.38 bits per heavy atom. The van der Waals surface area contributed by atoms with Gasteiger partial charge in [-0.15, -0.1) is 17.0 Å². The second-order valence-electron chi connectivity index (χ2n) is 6.15. The number of aromatic hydroxyl groups is 2. The summed E-state index contributed by atoms with van der Waals surface area (Å²) in [6.07, 6.45) is 0.620. The zero-order valence-corrected chi connectivity index (χ0v) is 17.3. The van der Waals surface area contributed by atoms with Crippen molar-refractivity contribution in [2.24, 2.45) is 5.14 Å². The smallest absolute Gasteiger partial charge is 0.238 e. The lowest BCUT2D eigenvalue weighted by molar-refractivity contribution is 0.399. The first kappa shape index (κ1) is 21.0. The van der Waals surface area contributed by atoms with E-state index in [1.54, 1.807) is 19.1 Å².